The largest absolute Gasteiger partial charge is 0.372 e. The number of nitrogens with zero attached hydrogens (tertiary/aromatic N) is 2. The Balaban J connectivity index is 2.12. The van der Waals surface area contributed by atoms with E-state index in [4.69, 9.17) is 5.26 Å². The lowest BCUT2D eigenvalue weighted by Gasteiger charge is -2.29. The van der Waals surface area contributed by atoms with Crippen molar-refractivity contribution in [3.05, 3.63) is 28.0 Å². The van der Waals surface area contributed by atoms with Gasteiger partial charge in [-0.05, 0) is 59.9 Å². The lowest BCUT2D eigenvalue weighted by Crippen LogP contribution is -2.34. The lowest BCUT2D eigenvalue weighted by molar-refractivity contribution is 0.377. The van der Waals surface area contributed by atoms with Gasteiger partial charge in [0.1, 0.15) is 6.07 Å². The number of benzene rings is 1. The zero-order chi connectivity index (χ0) is 13.8. The van der Waals surface area contributed by atoms with E-state index in [1.807, 2.05) is 18.0 Å². The Morgan fingerprint density at radius 1 is 1.47 bits per heavy atom. The first kappa shape index (κ1) is 14.3. The van der Waals surface area contributed by atoms with Gasteiger partial charge in [-0.1, -0.05) is 0 Å². The van der Waals surface area contributed by atoms with Crippen LogP contribution in [0.4, 0.5) is 10.1 Å². The molecule has 3 nitrogen and oxygen atoms in total. The molecule has 5 heteroatoms. The summed E-state index contributed by atoms with van der Waals surface area (Å²) in [5.41, 5.74) is 0.876. The topological polar surface area (TPSA) is 39.1 Å². The van der Waals surface area contributed by atoms with Crippen molar-refractivity contribution in [1.82, 2.24) is 5.32 Å². The van der Waals surface area contributed by atoms with Crippen LogP contribution in [-0.4, -0.2) is 26.7 Å². The molecular formula is C14H17BrFN3. The minimum Gasteiger partial charge on any atom is -0.372 e. The maximum atomic E-state index is 14.2. The quantitative estimate of drug-likeness (QED) is 0.928. The van der Waals surface area contributed by atoms with E-state index >= 15 is 0 Å². The summed E-state index contributed by atoms with van der Waals surface area (Å²) in [4.78, 5) is 1.94. The van der Waals surface area contributed by atoms with Crippen LogP contribution in [0, 0.1) is 23.1 Å². The summed E-state index contributed by atoms with van der Waals surface area (Å²) >= 11 is 3.15. The summed E-state index contributed by atoms with van der Waals surface area (Å²) in [7, 11) is 1.90. The highest BCUT2D eigenvalue weighted by molar-refractivity contribution is 9.10. The number of piperidine rings is 1. The average molecular weight is 326 g/mol. The molecule has 1 N–H and O–H groups in total. The van der Waals surface area contributed by atoms with E-state index in [2.05, 4.69) is 21.2 Å². The summed E-state index contributed by atoms with van der Waals surface area (Å²) in [6, 6.07) is 5.30. The SMILES string of the molecule is CN(CC1CCNCC1)c1ccc(C#N)c(Br)c1F. The monoisotopic (exact) mass is 325 g/mol. The molecule has 0 amide bonds. The van der Waals surface area contributed by atoms with Crippen molar-refractivity contribution in [2.24, 2.45) is 5.92 Å². The number of halogens is 2. The summed E-state index contributed by atoms with van der Waals surface area (Å²) < 4.78 is 14.5. The summed E-state index contributed by atoms with van der Waals surface area (Å²) in [6.07, 6.45) is 2.26. The summed E-state index contributed by atoms with van der Waals surface area (Å²) in [6.45, 7) is 2.92. The van der Waals surface area contributed by atoms with Crippen LogP contribution in [0.2, 0.25) is 0 Å². The molecule has 1 aromatic rings. The molecule has 1 aromatic carbocycles. The first-order valence-electron chi connectivity index (χ1n) is 6.43. The number of rotatable bonds is 3. The van der Waals surface area contributed by atoms with Crippen LogP contribution in [0.5, 0.6) is 0 Å². The van der Waals surface area contributed by atoms with E-state index in [1.165, 1.54) is 0 Å². The number of nitriles is 1. The second-order valence-corrected chi connectivity index (χ2v) is 5.74. The Morgan fingerprint density at radius 3 is 2.79 bits per heavy atom. The van der Waals surface area contributed by atoms with Crippen LogP contribution >= 0.6 is 15.9 Å². The highest BCUT2D eigenvalue weighted by Gasteiger charge is 2.19. The number of hydrogen-bond donors (Lipinski definition) is 1. The molecule has 19 heavy (non-hydrogen) atoms. The minimum absolute atomic E-state index is 0.254. The minimum atomic E-state index is -0.351. The van der Waals surface area contributed by atoms with Gasteiger partial charge in [0.25, 0.3) is 0 Å². The van der Waals surface area contributed by atoms with Crippen molar-refractivity contribution >= 4 is 21.6 Å². The van der Waals surface area contributed by atoms with Crippen molar-refractivity contribution in [3.8, 4) is 6.07 Å². The normalized spacial score (nSPS) is 16.1. The standard InChI is InChI=1S/C14H17BrFN3/c1-19(9-10-4-6-18-7-5-10)12-3-2-11(8-17)13(15)14(12)16/h2-3,10,18H,4-7,9H2,1H3. The highest BCUT2D eigenvalue weighted by atomic mass is 79.9. The molecule has 0 spiro atoms. The molecule has 1 heterocycles. The van der Waals surface area contributed by atoms with Crippen molar-refractivity contribution in [2.75, 3.05) is 31.6 Å². The van der Waals surface area contributed by atoms with Crippen LogP contribution in [0.25, 0.3) is 0 Å². The first-order chi connectivity index (χ1) is 9.13. The van der Waals surface area contributed by atoms with Gasteiger partial charge in [0.15, 0.2) is 5.82 Å². The molecule has 1 fully saturated rings. The van der Waals surface area contributed by atoms with Gasteiger partial charge in [-0.2, -0.15) is 5.26 Å². The second-order valence-electron chi connectivity index (χ2n) is 4.95. The fraction of sp³-hybridized carbons (Fsp3) is 0.500. The second kappa shape index (κ2) is 6.36. The zero-order valence-electron chi connectivity index (χ0n) is 10.9. The molecule has 0 unspecified atom stereocenters. The molecule has 0 aromatic heterocycles. The van der Waals surface area contributed by atoms with E-state index in [1.54, 1.807) is 12.1 Å². The molecule has 2 rings (SSSR count). The van der Waals surface area contributed by atoms with Gasteiger partial charge in [0, 0.05) is 13.6 Å². The molecule has 1 saturated heterocycles. The first-order valence-corrected chi connectivity index (χ1v) is 7.22. The van der Waals surface area contributed by atoms with Crippen molar-refractivity contribution in [1.29, 1.82) is 5.26 Å². The Labute approximate surface area is 121 Å². The molecule has 102 valence electrons. The lowest BCUT2D eigenvalue weighted by atomic mass is 9.97. The molecule has 1 aliphatic rings. The molecular weight excluding hydrogens is 309 g/mol. The van der Waals surface area contributed by atoms with Gasteiger partial charge in [-0.3, -0.25) is 0 Å². The van der Waals surface area contributed by atoms with Gasteiger partial charge in [0.05, 0.1) is 15.7 Å². The maximum Gasteiger partial charge on any atom is 0.161 e. The predicted octanol–water partition coefficient (Wildman–Crippen LogP) is 2.90. The van der Waals surface area contributed by atoms with Gasteiger partial charge >= 0.3 is 0 Å². The predicted molar refractivity (Wildman–Crippen MR) is 77.7 cm³/mol. The molecule has 1 aliphatic heterocycles. The van der Waals surface area contributed by atoms with Crippen LogP contribution in [0.15, 0.2) is 16.6 Å². The van der Waals surface area contributed by atoms with E-state index in [0.29, 0.717) is 17.2 Å². The van der Waals surface area contributed by atoms with Gasteiger partial charge in [0.2, 0.25) is 0 Å². The summed E-state index contributed by atoms with van der Waals surface area (Å²) in [5.74, 6) is 0.246. The third kappa shape index (κ3) is 3.26. The third-order valence-electron chi connectivity index (χ3n) is 3.58. The van der Waals surface area contributed by atoms with E-state index in [0.717, 1.165) is 32.5 Å². The van der Waals surface area contributed by atoms with Gasteiger partial charge in [-0.25, -0.2) is 4.39 Å². The van der Waals surface area contributed by atoms with Crippen molar-refractivity contribution in [2.45, 2.75) is 12.8 Å². The van der Waals surface area contributed by atoms with Crippen LogP contribution in [0.1, 0.15) is 18.4 Å². The Bertz CT molecular complexity index is 492. The van der Waals surface area contributed by atoms with Crippen LogP contribution in [-0.2, 0) is 0 Å². The fourth-order valence-corrected chi connectivity index (χ4v) is 2.89. The van der Waals surface area contributed by atoms with Crippen molar-refractivity contribution in [3.63, 3.8) is 0 Å². The number of nitrogens with one attached hydrogen (secondary N) is 1. The summed E-state index contributed by atoms with van der Waals surface area (Å²) in [5, 5.41) is 12.2. The Hall–Kier alpha value is -1.12. The Morgan fingerprint density at radius 2 is 2.16 bits per heavy atom. The Kier molecular flexibility index (Phi) is 4.78. The number of anilines is 1. The zero-order valence-corrected chi connectivity index (χ0v) is 12.5. The van der Waals surface area contributed by atoms with E-state index in [9.17, 15) is 4.39 Å². The molecule has 0 radical (unpaired) electrons. The van der Waals surface area contributed by atoms with Crippen LogP contribution < -0.4 is 10.2 Å². The van der Waals surface area contributed by atoms with E-state index in [-0.39, 0.29) is 10.3 Å². The molecule has 0 atom stereocenters. The average Bonchev–Trinajstić information content (AvgIpc) is 2.42. The third-order valence-corrected chi connectivity index (χ3v) is 4.36. The van der Waals surface area contributed by atoms with Gasteiger partial charge in [-0.15, -0.1) is 0 Å². The smallest absolute Gasteiger partial charge is 0.161 e. The van der Waals surface area contributed by atoms with Gasteiger partial charge < -0.3 is 10.2 Å². The van der Waals surface area contributed by atoms with Crippen molar-refractivity contribution < 1.29 is 4.39 Å². The molecule has 0 aliphatic carbocycles. The van der Waals surface area contributed by atoms with E-state index < -0.39 is 0 Å². The molecule has 0 saturated carbocycles. The van der Waals surface area contributed by atoms with Crippen LogP contribution in [0.3, 0.4) is 0 Å². The highest BCUT2D eigenvalue weighted by Crippen LogP contribution is 2.29. The fourth-order valence-electron chi connectivity index (χ4n) is 2.47. The number of hydrogen-bond acceptors (Lipinski definition) is 3. The maximum absolute atomic E-state index is 14.2. The molecule has 0 bridgehead atoms.